The number of nitrogens with one attached hydrogen (secondary N) is 2. The molecule has 1 aliphatic heterocycles. The molecule has 1 saturated heterocycles. The number of nitrogens with zero attached hydrogens (tertiary/aromatic N) is 4. The van der Waals surface area contributed by atoms with Crippen molar-refractivity contribution in [1.82, 2.24) is 25.2 Å². The van der Waals surface area contributed by atoms with Crippen LogP contribution in [0.5, 0.6) is 0 Å². The van der Waals surface area contributed by atoms with E-state index in [0.717, 1.165) is 53.4 Å². The lowest BCUT2D eigenvalue weighted by Gasteiger charge is -2.37. The third-order valence-electron chi connectivity index (χ3n) is 8.47. The van der Waals surface area contributed by atoms with Gasteiger partial charge in [-0.2, -0.15) is 0 Å². The van der Waals surface area contributed by atoms with E-state index in [0.29, 0.717) is 11.5 Å². The molecule has 3 aromatic rings. The van der Waals surface area contributed by atoms with Crippen LogP contribution >= 0.6 is 0 Å². The molecule has 1 amide bonds. The largest absolute Gasteiger partial charge is 0.370 e. The molecule has 2 saturated carbocycles. The van der Waals surface area contributed by atoms with Crippen molar-refractivity contribution in [2.45, 2.75) is 69.2 Å². The monoisotopic (exact) mass is 534 g/mol. The SMILES string of the molecule is O=C(NCC(c1cnc(C2CCCC2)nc1)N1CCC(F)(F)CC1)c1cccc2nc(NCC3CC3)ccc12. The highest BCUT2D eigenvalue weighted by Crippen LogP contribution is 2.34. The standard InChI is InChI=1S/C30H36F2N6O/c31-30(32)12-14-38(15-13-30)26(22-17-34-28(35-18-22)21-4-1-2-5-21)19-36-29(39)24-6-3-7-25-23(24)10-11-27(37-25)33-16-20-8-9-20/h3,6-7,10-11,17-18,20-21,26H,1-2,4-5,8-9,12-16,19H2,(H,33,37)(H,36,39). The zero-order valence-corrected chi connectivity index (χ0v) is 22.2. The topological polar surface area (TPSA) is 83.0 Å². The van der Waals surface area contributed by atoms with Crippen molar-refractivity contribution < 1.29 is 13.6 Å². The highest BCUT2D eigenvalue weighted by molar-refractivity contribution is 6.06. The lowest BCUT2D eigenvalue weighted by atomic mass is 10.0. The van der Waals surface area contributed by atoms with Crippen molar-refractivity contribution in [1.29, 1.82) is 0 Å². The first-order valence-electron chi connectivity index (χ1n) is 14.3. The Labute approximate surface area is 227 Å². The van der Waals surface area contributed by atoms with Gasteiger partial charge in [0.2, 0.25) is 0 Å². The Kier molecular flexibility index (Phi) is 7.42. The Hall–Kier alpha value is -3.20. The summed E-state index contributed by atoms with van der Waals surface area (Å²) in [5.74, 6) is -0.0428. The minimum absolute atomic E-state index is 0.190. The summed E-state index contributed by atoms with van der Waals surface area (Å²) >= 11 is 0. The molecule has 3 aliphatic rings. The molecular weight excluding hydrogens is 498 g/mol. The van der Waals surface area contributed by atoms with Crippen molar-refractivity contribution in [2.24, 2.45) is 5.92 Å². The second-order valence-corrected chi connectivity index (χ2v) is 11.4. The third-order valence-corrected chi connectivity index (χ3v) is 8.47. The van der Waals surface area contributed by atoms with Crippen LogP contribution in [0.1, 0.15) is 85.1 Å². The van der Waals surface area contributed by atoms with Crippen molar-refractivity contribution in [2.75, 3.05) is 31.5 Å². The lowest BCUT2D eigenvalue weighted by molar-refractivity contribution is -0.0632. The second-order valence-electron chi connectivity index (χ2n) is 11.4. The molecule has 3 fully saturated rings. The Balaban J connectivity index is 1.18. The van der Waals surface area contributed by atoms with Crippen molar-refractivity contribution in [3.05, 3.63) is 59.7 Å². The second kappa shape index (κ2) is 11.1. The maximum atomic E-state index is 13.9. The summed E-state index contributed by atoms with van der Waals surface area (Å²) < 4.78 is 27.9. The molecule has 1 unspecified atom stereocenters. The van der Waals surface area contributed by atoms with Crippen LogP contribution in [0, 0.1) is 5.92 Å². The summed E-state index contributed by atoms with van der Waals surface area (Å²) in [7, 11) is 0. The summed E-state index contributed by atoms with van der Waals surface area (Å²) in [5, 5.41) is 7.24. The summed E-state index contributed by atoms with van der Waals surface area (Å²) in [5.41, 5.74) is 2.15. The number of pyridine rings is 1. The van der Waals surface area contributed by atoms with Gasteiger partial charge in [-0.3, -0.25) is 9.69 Å². The van der Waals surface area contributed by atoms with E-state index >= 15 is 0 Å². The van der Waals surface area contributed by atoms with E-state index in [9.17, 15) is 13.6 Å². The van der Waals surface area contributed by atoms with E-state index < -0.39 is 5.92 Å². The number of halogens is 2. The maximum Gasteiger partial charge on any atom is 0.252 e. The smallest absolute Gasteiger partial charge is 0.252 e. The number of likely N-dealkylation sites (tertiary alicyclic amines) is 1. The number of amides is 1. The van der Waals surface area contributed by atoms with Crippen LogP contribution in [-0.2, 0) is 0 Å². The number of alkyl halides is 2. The van der Waals surface area contributed by atoms with Gasteiger partial charge in [0.1, 0.15) is 11.6 Å². The molecule has 2 aliphatic carbocycles. The Morgan fingerprint density at radius 1 is 1.03 bits per heavy atom. The minimum atomic E-state index is -2.64. The Bertz CT molecular complexity index is 1300. The van der Waals surface area contributed by atoms with Crippen LogP contribution in [0.3, 0.4) is 0 Å². The van der Waals surface area contributed by atoms with E-state index in [4.69, 9.17) is 4.98 Å². The molecular formula is C30H36F2N6O. The minimum Gasteiger partial charge on any atom is -0.370 e. The highest BCUT2D eigenvalue weighted by atomic mass is 19.3. The summed E-state index contributed by atoms with van der Waals surface area (Å²) in [6.07, 6.45) is 10.4. The number of anilines is 1. The molecule has 9 heteroatoms. The highest BCUT2D eigenvalue weighted by Gasteiger charge is 2.37. The lowest BCUT2D eigenvalue weighted by Crippen LogP contribution is -2.45. The number of hydrogen-bond donors (Lipinski definition) is 2. The molecule has 2 N–H and O–H groups in total. The van der Waals surface area contributed by atoms with Gasteiger partial charge in [-0.1, -0.05) is 18.9 Å². The third kappa shape index (κ3) is 6.19. The fraction of sp³-hybridized carbons (Fsp3) is 0.533. The van der Waals surface area contributed by atoms with Gasteiger partial charge in [0.15, 0.2) is 0 Å². The van der Waals surface area contributed by atoms with Crippen LogP contribution in [0.4, 0.5) is 14.6 Å². The van der Waals surface area contributed by atoms with Crippen LogP contribution < -0.4 is 10.6 Å². The maximum absolute atomic E-state index is 13.9. The molecule has 0 bridgehead atoms. The zero-order valence-electron chi connectivity index (χ0n) is 22.2. The van der Waals surface area contributed by atoms with E-state index in [2.05, 4.69) is 20.6 Å². The van der Waals surface area contributed by atoms with Gasteiger partial charge in [0.05, 0.1) is 11.6 Å². The number of carbonyl (C=O) groups is 1. The fourth-order valence-electron chi connectivity index (χ4n) is 5.84. The zero-order chi connectivity index (χ0) is 26.8. The van der Waals surface area contributed by atoms with Crippen molar-refractivity contribution in [3.8, 4) is 0 Å². The van der Waals surface area contributed by atoms with Crippen molar-refractivity contribution >= 4 is 22.6 Å². The number of rotatable bonds is 9. The fourth-order valence-corrected chi connectivity index (χ4v) is 5.84. The molecule has 206 valence electrons. The van der Waals surface area contributed by atoms with E-state index in [1.54, 1.807) is 6.07 Å². The Morgan fingerprint density at radius 2 is 1.77 bits per heavy atom. The van der Waals surface area contributed by atoms with E-state index in [1.165, 1.54) is 25.7 Å². The average molecular weight is 535 g/mol. The molecule has 0 spiro atoms. The first-order chi connectivity index (χ1) is 18.9. The van der Waals surface area contributed by atoms with Crippen LogP contribution in [0.15, 0.2) is 42.7 Å². The quantitative estimate of drug-likeness (QED) is 0.366. The first-order valence-corrected chi connectivity index (χ1v) is 14.3. The predicted octanol–water partition coefficient (Wildman–Crippen LogP) is 5.71. The Morgan fingerprint density at radius 3 is 2.49 bits per heavy atom. The van der Waals surface area contributed by atoms with Gasteiger partial charge in [0.25, 0.3) is 11.8 Å². The van der Waals surface area contributed by atoms with Gasteiger partial charge in [-0.05, 0) is 55.9 Å². The van der Waals surface area contributed by atoms with E-state index in [-0.39, 0.29) is 44.4 Å². The number of hydrogen-bond acceptors (Lipinski definition) is 6. The molecule has 2 aromatic heterocycles. The van der Waals surface area contributed by atoms with Crippen LogP contribution in [0.25, 0.3) is 10.9 Å². The summed E-state index contributed by atoms with van der Waals surface area (Å²) in [6, 6.07) is 9.12. The molecule has 7 nitrogen and oxygen atoms in total. The van der Waals surface area contributed by atoms with Gasteiger partial charge >= 0.3 is 0 Å². The van der Waals surface area contributed by atoms with Crippen LogP contribution in [-0.4, -0.2) is 57.9 Å². The summed E-state index contributed by atoms with van der Waals surface area (Å²) in [6.45, 7) is 1.72. The number of piperidine rings is 1. The first kappa shape index (κ1) is 26.0. The normalized spacial score (nSPS) is 20.7. The predicted molar refractivity (Wildman–Crippen MR) is 147 cm³/mol. The average Bonchev–Trinajstić information content (AvgIpc) is 3.62. The number of carbonyl (C=O) groups excluding carboxylic acids is 1. The number of benzene rings is 1. The van der Waals surface area contributed by atoms with Gasteiger partial charge in [0, 0.05) is 73.8 Å². The van der Waals surface area contributed by atoms with Gasteiger partial charge in [-0.15, -0.1) is 0 Å². The summed E-state index contributed by atoms with van der Waals surface area (Å²) in [4.78, 5) is 29.4. The number of fused-ring (bicyclic) bond motifs is 1. The number of aromatic nitrogens is 3. The molecule has 3 heterocycles. The molecule has 39 heavy (non-hydrogen) atoms. The molecule has 0 radical (unpaired) electrons. The van der Waals surface area contributed by atoms with Crippen molar-refractivity contribution in [3.63, 3.8) is 0 Å². The van der Waals surface area contributed by atoms with E-state index in [1.807, 2.05) is 41.6 Å². The van der Waals surface area contributed by atoms with Gasteiger partial charge in [-0.25, -0.2) is 23.7 Å². The molecule has 1 aromatic carbocycles. The molecule has 1 atom stereocenters. The van der Waals surface area contributed by atoms with Gasteiger partial charge < -0.3 is 10.6 Å². The molecule has 6 rings (SSSR count). The van der Waals surface area contributed by atoms with Crippen LogP contribution in [0.2, 0.25) is 0 Å².